The zero-order valence-electron chi connectivity index (χ0n) is 11.0. The van der Waals surface area contributed by atoms with E-state index in [0.29, 0.717) is 12.3 Å². The van der Waals surface area contributed by atoms with Crippen molar-refractivity contribution in [3.8, 4) is 0 Å². The van der Waals surface area contributed by atoms with E-state index in [4.69, 9.17) is 9.84 Å². The maximum absolute atomic E-state index is 11.5. The fourth-order valence-corrected chi connectivity index (χ4v) is 1.34. The molecule has 0 radical (unpaired) electrons. The summed E-state index contributed by atoms with van der Waals surface area (Å²) in [6, 6.07) is 0.0574. The molecule has 1 unspecified atom stereocenters. The summed E-state index contributed by atoms with van der Waals surface area (Å²) in [5, 5.41) is 11.6. The van der Waals surface area contributed by atoms with Gasteiger partial charge in [-0.05, 0) is 39.5 Å². The molecule has 2 N–H and O–H groups in total. The summed E-state index contributed by atoms with van der Waals surface area (Å²) in [7, 11) is 0. The molecule has 0 aromatic carbocycles. The number of nitrogens with one attached hydrogen (secondary N) is 1. The first-order chi connectivity index (χ1) is 7.26. The molecule has 1 atom stereocenters. The lowest BCUT2D eigenvalue weighted by atomic mass is 10.00. The Labute approximate surface area is 98.4 Å². The first-order valence-electron chi connectivity index (χ1n) is 5.86. The molecule has 0 fully saturated rings. The number of aliphatic hydroxyl groups is 1. The Hall–Kier alpha value is -0.770. The van der Waals surface area contributed by atoms with E-state index in [-0.39, 0.29) is 18.7 Å². The molecule has 0 heterocycles. The van der Waals surface area contributed by atoms with E-state index < -0.39 is 5.60 Å². The molecular weight excluding hydrogens is 206 g/mol. The zero-order chi connectivity index (χ0) is 12.8. The van der Waals surface area contributed by atoms with E-state index in [1.165, 1.54) is 0 Å². The number of carbonyl (C=O) groups excluding carboxylic acids is 1. The third-order valence-electron chi connectivity index (χ3n) is 2.18. The van der Waals surface area contributed by atoms with Crippen molar-refractivity contribution in [2.75, 3.05) is 6.61 Å². The van der Waals surface area contributed by atoms with Gasteiger partial charge in [0.15, 0.2) is 0 Å². The van der Waals surface area contributed by atoms with Crippen LogP contribution >= 0.6 is 0 Å². The molecule has 0 aliphatic heterocycles. The van der Waals surface area contributed by atoms with Crippen LogP contribution in [-0.4, -0.2) is 29.4 Å². The number of rotatable bonds is 5. The van der Waals surface area contributed by atoms with Gasteiger partial charge in [-0.2, -0.15) is 0 Å². The van der Waals surface area contributed by atoms with Crippen LogP contribution in [0.4, 0.5) is 4.79 Å². The van der Waals surface area contributed by atoms with Gasteiger partial charge in [0.25, 0.3) is 0 Å². The first-order valence-corrected chi connectivity index (χ1v) is 5.86. The van der Waals surface area contributed by atoms with Crippen LogP contribution in [0.1, 0.15) is 47.5 Å². The van der Waals surface area contributed by atoms with E-state index in [9.17, 15) is 4.79 Å². The summed E-state index contributed by atoms with van der Waals surface area (Å²) >= 11 is 0. The minimum absolute atomic E-state index is 0.0574. The fraction of sp³-hybridized carbons (Fsp3) is 0.917. The minimum atomic E-state index is -0.470. The molecular formula is C12H25NO3. The Bertz CT molecular complexity index is 209. The van der Waals surface area contributed by atoms with E-state index in [0.717, 1.165) is 6.42 Å². The zero-order valence-corrected chi connectivity index (χ0v) is 11.0. The average Bonchev–Trinajstić information content (AvgIpc) is 2.08. The molecule has 96 valence electrons. The summed E-state index contributed by atoms with van der Waals surface area (Å²) < 4.78 is 5.19. The van der Waals surface area contributed by atoms with E-state index >= 15 is 0 Å². The second-order valence-corrected chi connectivity index (χ2v) is 5.36. The van der Waals surface area contributed by atoms with Crippen LogP contribution in [-0.2, 0) is 4.74 Å². The van der Waals surface area contributed by atoms with Crippen LogP contribution in [0.25, 0.3) is 0 Å². The molecule has 0 aliphatic rings. The third kappa shape index (κ3) is 7.51. The Morgan fingerprint density at radius 3 is 2.31 bits per heavy atom. The second-order valence-electron chi connectivity index (χ2n) is 5.36. The Kier molecular flexibility index (Phi) is 6.41. The van der Waals surface area contributed by atoms with Gasteiger partial charge in [-0.1, -0.05) is 13.8 Å². The number of ether oxygens (including phenoxy) is 1. The lowest BCUT2D eigenvalue weighted by Crippen LogP contribution is -2.41. The Balaban J connectivity index is 4.13. The molecule has 4 heteroatoms. The van der Waals surface area contributed by atoms with E-state index in [1.807, 2.05) is 34.6 Å². The highest BCUT2D eigenvalue weighted by Gasteiger charge is 2.20. The summed E-state index contributed by atoms with van der Waals surface area (Å²) in [6.07, 6.45) is 1.08. The number of hydrogen-bond donors (Lipinski definition) is 2. The molecule has 0 rings (SSSR count). The predicted octanol–water partition coefficient (Wildman–Crippen LogP) is 2.31. The molecule has 0 aromatic rings. The van der Waals surface area contributed by atoms with E-state index in [2.05, 4.69) is 5.32 Å². The number of amides is 1. The molecule has 0 bridgehead atoms. The van der Waals surface area contributed by atoms with Crippen LogP contribution < -0.4 is 5.32 Å². The monoisotopic (exact) mass is 231 g/mol. The second kappa shape index (κ2) is 6.74. The summed E-state index contributed by atoms with van der Waals surface area (Å²) in [5.74, 6) is 0.332. The van der Waals surface area contributed by atoms with Gasteiger partial charge in [0.2, 0.25) is 0 Å². The maximum atomic E-state index is 11.5. The highest BCUT2D eigenvalue weighted by molar-refractivity contribution is 5.68. The minimum Gasteiger partial charge on any atom is -0.444 e. The van der Waals surface area contributed by atoms with Crippen LogP contribution in [0.15, 0.2) is 0 Å². The standard InChI is InChI=1S/C12H25NO3/c1-9(2)10(7-6-8-14)13-11(15)16-12(3,4)5/h9-10,14H,6-8H2,1-5H3,(H,13,15). The molecule has 4 nitrogen and oxygen atoms in total. The van der Waals surface area contributed by atoms with Crippen LogP contribution in [0.2, 0.25) is 0 Å². The van der Waals surface area contributed by atoms with Gasteiger partial charge in [-0.25, -0.2) is 4.79 Å². The quantitative estimate of drug-likeness (QED) is 0.763. The van der Waals surface area contributed by atoms with Crippen molar-refractivity contribution in [2.45, 2.75) is 59.1 Å². The first kappa shape index (κ1) is 15.2. The van der Waals surface area contributed by atoms with Crippen molar-refractivity contribution in [3.05, 3.63) is 0 Å². The van der Waals surface area contributed by atoms with Gasteiger partial charge < -0.3 is 15.2 Å². The number of carbonyl (C=O) groups is 1. The Morgan fingerprint density at radius 2 is 1.94 bits per heavy atom. The largest absolute Gasteiger partial charge is 0.444 e. The smallest absolute Gasteiger partial charge is 0.407 e. The summed E-state index contributed by atoms with van der Waals surface area (Å²) in [4.78, 5) is 11.5. The van der Waals surface area contributed by atoms with Crippen LogP contribution in [0.5, 0.6) is 0 Å². The lowest BCUT2D eigenvalue weighted by Gasteiger charge is -2.25. The third-order valence-corrected chi connectivity index (χ3v) is 2.18. The van der Waals surface area contributed by atoms with Gasteiger partial charge in [0, 0.05) is 12.6 Å². The van der Waals surface area contributed by atoms with Crippen molar-refractivity contribution < 1.29 is 14.6 Å². The summed E-state index contributed by atoms with van der Waals surface area (Å²) in [5.41, 5.74) is -0.470. The lowest BCUT2D eigenvalue weighted by molar-refractivity contribution is 0.0484. The molecule has 16 heavy (non-hydrogen) atoms. The molecule has 1 amide bonds. The molecule has 0 aromatic heterocycles. The fourth-order valence-electron chi connectivity index (χ4n) is 1.34. The SMILES string of the molecule is CC(C)C(CCCO)NC(=O)OC(C)(C)C. The average molecular weight is 231 g/mol. The molecule has 0 saturated heterocycles. The summed E-state index contributed by atoms with van der Waals surface area (Å²) in [6.45, 7) is 9.75. The van der Waals surface area contributed by atoms with Crippen molar-refractivity contribution in [1.82, 2.24) is 5.32 Å². The molecule has 0 spiro atoms. The van der Waals surface area contributed by atoms with Crippen LogP contribution in [0.3, 0.4) is 0 Å². The van der Waals surface area contributed by atoms with Gasteiger partial charge in [-0.15, -0.1) is 0 Å². The van der Waals surface area contributed by atoms with Crippen molar-refractivity contribution in [1.29, 1.82) is 0 Å². The van der Waals surface area contributed by atoms with Crippen molar-refractivity contribution in [2.24, 2.45) is 5.92 Å². The topological polar surface area (TPSA) is 58.6 Å². The normalized spacial score (nSPS) is 13.7. The molecule has 0 aliphatic carbocycles. The van der Waals surface area contributed by atoms with Gasteiger partial charge >= 0.3 is 6.09 Å². The predicted molar refractivity (Wildman–Crippen MR) is 64.3 cm³/mol. The number of hydrogen-bond acceptors (Lipinski definition) is 3. The van der Waals surface area contributed by atoms with Gasteiger partial charge in [-0.3, -0.25) is 0 Å². The van der Waals surface area contributed by atoms with Crippen molar-refractivity contribution in [3.63, 3.8) is 0 Å². The van der Waals surface area contributed by atoms with Crippen LogP contribution in [0, 0.1) is 5.92 Å². The van der Waals surface area contributed by atoms with E-state index in [1.54, 1.807) is 0 Å². The van der Waals surface area contributed by atoms with Gasteiger partial charge in [0.1, 0.15) is 5.60 Å². The number of alkyl carbamates (subject to hydrolysis) is 1. The maximum Gasteiger partial charge on any atom is 0.407 e. The highest BCUT2D eigenvalue weighted by Crippen LogP contribution is 2.11. The number of aliphatic hydroxyl groups excluding tert-OH is 1. The highest BCUT2D eigenvalue weighted by atomic mass is 16.6. The van der Waals surface area contributed by atoms with Crippen molar-refractivity contribution >= 4 is 6.09 Å². The van der Waals surface area contributed by atoms with Gasteiger partial charge in [0.05, 0.1) is 0 Å². The Morgan fingerprint density at radius 1 is 1.38 bits per heavy atom. The molecule has 0 saturated carbocycles.